The van der Waals surface area contributed by atoms with Gasteiger partial charge >= 0.3 is 0 Å². The fraction of sp³-hybridized carbons (Fsp3) is 0.500. The molecule has 0 aromatic heterocycles. The molecule has 0 aliphatic carbocycles. The molecule has 1 aromatic carbocycles. The fourth-order valence-corrected chi connectivity index (χ4v) is 5.06. The lowest BCUT2D eigenvalue weighted by molar-refractivity contribution is -0.286. The van der Waals surface area contributed by atoms with Crippen molar-refractivity contribution in [2.75, 3.05) is 0 Å². The molecule has 2 aliphatic heterocycles. The Bertz CT molecular complexity index is 898. The minimum absolute atomic E-state index is 0.342. The highest BCUT2D eigenvalue weighted by atomic mass is 79.9. The summed E-state index contributed by atoms with van der Waals surface area (Å²) in [6, 6.07) is 13.4. The standard InChI is InChI=1S/C20H19BrN4O2/c1-3-8-20-15(4-2)19(12-24,17(25)27-20)18(10-22,11-23)16(26-20)13-6-5-7-14(21)9-13/h5-7,9,15-16,25H,3-4,8H2,1-2H3. The van der Waals surface area contributed by atoms with E-state index in [1.54, 1.807) is 18.2 Å². The van der Waals surface area contributed by atoms with Crippen LogP contribution in [-0.4, -0.2) is 11.7 Å². The zero-order valence-corrected chi connectivity index (χ0v) is 16.7. The van der Waals surface area contributed by atoms with Gasteiger partial charge in [0.15, 0.2) is 5.41 Å². The predicted molar refractivity (Wildman–Crippen MR) is 99.9 cm³/mol. The van der Waals surface area contributed by atoms with E-state index in [-0.39, 0.29) is 5.90 Å². The molecule has 7 heteroatoms. The minimum atomic E-state index is -1.89. The molecular formula is C20H19BrN4O2. The van der Waals surface area contributed by atoms with Crippen LogP contribution in [0.5, 0.6) is 0 Å². The van der Waals surface area contributed by atoms with Crippen LogP contribution >= 0.6 is 15.9 Å². The highest BCUT2D eigenvalue weighted by molar-refractivity contribution is 9.10. The highest BCUT2D eigenvalue weighted by Crippen LogP contribution is 2.68. The van der Waals surface area contributed by atoms with Gasteiger partial charge in [0.05, 0.1) is 24.1 Å². The molecule has 3 rings (SSSR count). The van der Waals surface area contributed by atoms with E-state index in [0.29, 0.717) is 24.8 Å². The van der Waals surface area contributed by atoms with Gasteiger partial charge in [0, 0.05) is 10.9 Å². The topological polar surface area (TPSA) is 114 Å². The van der Waals surface area contributed by atoms with Crippen LogP contribution in [0.2, 0.25) is 0 Å². The summed E-state index contributed by atoms with van der Waals surface area (Å²) in [4.78, 5) is 0. The SMILES string of the molecule is CCCC12OC(=N)C(C#N)(C1CC)C(C#N)(C#N)C(c1cccc(Br)c1)O2. The third-order valence-corrected chi connectivity index (χ3v) is 6.20. The van der Waals surface area contributed by atoms with Crippen LogP contribution in [-0.2, 0) is 9.47 Å². The van der Waals surface area contributed by atoms with E-state index in [1.165, 1.54) is 0 Å². The molecule has 1 N–H and O–H groups in total. The van der Waals surface area contributed by atoms with Gasteiger partial charge in [-0.3, -0.25) is 5.41 Å². The van der Waals surface area contributed by atoms with Gasteiger partial charge in [0.25, 0.3) is 0 Å². The van der Waals surface area contributed by atoms with Crippen molar-refractivity contribution in [3.05, 3.63) is 34.3 Å². The lowest BCUT2D eigenvalue weighted by Gasteiger charge is -2.49. The molecule has 0 radical (unpaired) electrons. The Hall–Kier alpha value is -2.40. The molecule has 2 aliphatic rings. The smallest absolute Gasteiger partial charge is 0.217 e. The second-order valence-electron chi connectivity index (χ2n) is 6.96. The van der Waals surface area contributed by atoms with Crippen LogP contribution in [0.4, 0.5) is 0 Å². The van der Waals surface area contributed by atoms with Crippen LogP contribution < -0.4 is 0 Å². The van der Waals surface area contributed by atoms with Crippen molar-refractivity contribution in [1.82, 2.24) is 0 Å². The summed E-state index contributed by atoms with van der Waals surface area (Å²) in [7, 11) is 0. The molecule has 2 bridgehead atoms. The second kappa shape index (κ2) is 6.64. The number of fused-ring (bicyclic) bond motifs is 2. The van der Waals surface area contributed by atoms with Crippen LogP contribution in [0.25, 0.3) is 0 Å². The Morgan fingerprint density at radius 1 is 1.19 bits per heavy atom. The van der Waals surface area contributed by atoms with E-state index in [4.69, 9.17) is 14.9 Å². The quantitative estimate of drug-likeness (QED) is 0.755. The van der Waals surface area contributed by atoms with Gasteiger partial charge in [-0.15, -0.1) is 0 Å². The largest absolute Gasteiger partial charge is 0.447 e. The molecule has 0 saturated carbocycles. The average molecular weight is 427 g/mol. The molecule has 4 unspecified atom stereocenters. The summed E-state index contributed by atoms with van der Waals surface area (Å²) in [6.07, 6.45) is 0.616. The first-order valence-corrected chi connectivity index (χ1v) is 9.65. The maximum Gasteiger partial charge on any atom is 0.217 e. The lowest BCUT2D eigenvalue weighted by Crippen LogP contribution is -2.59. The first kappa shape index (κ1) is 19.4. The van der Waals surface area contributed by atoms with E-state index in [9.17, 15) is 15.8 Å². The minimum Gasteiger partial charge on any atom is -0.447 e. The maximum absolute atomic E-state index is 10.2. The fourth-order valence-electron chi connectivity index (χ4n) is 4.64. The number of benzene rings is 1. The summed E-state index contributed by atoms with van der Waals surface area (Å²) < 4.78 is 13.0. The Morgan fingerprint density at radius 2 is 1.89 bits per heavy atom. The molecule has 0 amide bonds. The van der Waals surface area contributed by atoms with Crippen molar-refractivity contribution in [3.63, 3.8) is 0 Å². The Balaban J connectivity index is 2.35. The zero-order chi connectivity index (χ0) is 19.9. The molecule has 138 valence electrons. The Morgan fingerprint density at radius 3 is 2.41 bits per heavy atom. The van der Waals surface area contributed by atoms with Gasteiger partial charge in [-0.1, -0.05) is 41.9 Å². The summed E-state index contributed by atoms with van der Waals surface area (Å²) in [5.41, 5.74) is -2.99. The second-order valence-corrected chi connectivity index (χ2v) is 7.87. The van der Waals surface area contributed by atoms with E-state index in [2.05, 4.69) is 34.1 Å². The molecule has 0 spiro atoms. The number of hydrogen-bond donors (Lipinski definition) is 1. The van der Waals surface area contributed by atoms with Gasteiger partial charge in [-0.25, -0.2) is 0 Å². The molecule has 1 aromatic rings. The first-order valence-electron chi connectivity index (χ1n) is 8.86. The molecule has 27 heavy (non-hydrogen) atoms. The summed E-state index contributed by atoms with van der Waals surface area (Å²) >= 11 is 3.41. The molecule has 2 fully saturated rings. The van der Waals surface area contributed by atoms with Crippen molar-refractivity contribution in [1.29, 1.82) is 21.2 Å². The van der Waals surface area contributed by atoms with Gasteiger partial charge in [0.1, 0.15) is 6.10 Å². The number of hydrogen-bond acceptors (Lipinski definition) is 6. The van der Waals surface area contributed by atoms with Crippen molar-refractivity contribution >= 4 is 21.8 Å². The first-order chi connectivity index (χ1) is 12.9. The van der Waals surface area contributed by atoms with Crippen molar-refractivity contribution < 1.29 is 9.47 Å². The van der Waals surface area contributed by atoms with Crippen LogP contribution in [0.1, 0.15) is 44.8 Å². The Kier molecular flexibility index (Phi) is 4.76. The van der Waals surface area contributed by atoms with Gasteiger partial charge in [-0.05, 0) is 30.5 Å². The molecule has 4 atom stereocenters. The average Bonchev–Trinajstić information content (AvgIpc) is 2.85. The van der Waals surface area contributed by atoms with Crippen LogP contribution in [0, 0.1) is 56.2 Å². The number of nitriles is 3. The third-order valence-electron chi connectivity index (χ3n) is 5.71. The number of nitrogens with zero attached hydrogens (tertiary/aromatic N) is 3. The van der Waals surface area contributed by atoms with E-state index >= 15 is 0 Å². The molecular weight excluding hydrogens is 408 g/mol. The van der Waals surface area contributed by atoms with Gasteiger partial charge < -0.3 is 9.47 Å². The van der Waals surface area contributed by atoms with Crippen molar-refractivity contribution in [2.45, 2.75) is 45.0 Å². The van der Waals surface area contributed by atoms with Crippen LogP contribution in [0.15, 0.2) is 28.7 Å². The zero-order valence-electron chi connectivity index (χ0n) is 15.1. The van der Waals surface area contributed by atoms with E-state index < -0.39 is 28.6 Å². The van der Waals surface area contributed by atoms with Crippen LogP contribution in [0.3, 0.4) is 0 Å². The normalized spacial score (nSPS) is 33.4. The lowest BCUT2D eigenvalue weighted by atomic mass is 9.52. The third kappa shape index (κ3) is 2.27. The van der Waals surface area contributed by atoms with Gasteiger partial charge in [0.2, 0.25) is 17.1 Å². The number of halogens is 1. The summed E-state index contributed by atoms with van der Waals surface area (Å²) in [5, 5.41) is 39.0. The van der Waals surface area contributed by atoms with E-state index in [0.717, 1.165) is 4.47 Å². The van der Waals surface area contributed by atoms with Crippen molar-refractivity contribution in [3.8, 4) is 18.2 Å². The van der Waals surface area contributed by atoms with Crippen molar-refractivity contribution in [2.24, 2.45) is 16.7 Å². The summed E-state index contributed by atoms with van der Waals surface area (Å²) in [5.74, 6) is -2.11. The number of rotatable bonds is 4. The summed E-state index contributed by atoms with van der Waals surface area (Å²) in [6.45, 7) is 3.83. The number of ether oxygens (including phenoxy) is 2. The maximum atomic E-state index is 10.2. The number of nitrogens with one attached hydrogen (secondary N) is 1. The molecule has 2 heterocycles. The monoisotopic (exact) mass is 426 g/mol. The predicted octanol–water partition coefficient (Wildman–Crippen LogP) is 4.59. The highest BCUT2D eigenvalue weighted by Gasteiger charge is 2.79. The molecule has 2 saturated heterocycles. The Labute approximate surface area is 166 Å². The van der Waals surface area contributed by atoms with E-state index in [1.807, 2.05) is 19.9 Å². The molecule has 6 nitrogen and oxygen atoms in total. The van der Waals surface area contributed by atoms with Gasteiger partial charge in [-0.2, -0.15) is 15.8 Å².